The Hall–Kier alpha value is -0.435. The lowest BCUT2D eigenvalue weighted by Gasteiger charge is -2.34. The van der Waals surface area contributed by atoms with Gasteiger partial charge in [-0.1, -0.05) is 6.42 Å². The van der Waals surface area contributed by atoms with Crippen LogP contribution in [0.25, 0.3) is 0 Å². The Kier molecular flexibility index (Phi) is 4.97. The molecule has 0 atom stereocenters. The molecule has 1 fully saturated rings. The van der Waals surface area contributed by atoms with Crippen LogP contribution in [0.15, 0.2) is 0 Å². The number of rotatable bonds is 4. The van der Waals surface area contributed by atoms with Crippen LogP contribution in [-0.2, 0) is 9.31 Å². The highest BCUT2D eigenvalue weighted by Crippen LogP contribution is 2.53. The van der Waals surface area contributed by atoms with Crippen LogP contribution in [0.5, 0.6) is 0 Å². The lowest BCUT2D eigenvalue weighted by molar-refractivity contribution is -0.336. The first-order valence-electron chi connectivity index (χ1n) is 7.03. The van der Waals surface area contributed by atoms with Crippen molar-refractivity contribution in [3.63, 3.8) is 0 Å². The molecule has 0 aromatic rings. The molecule has 22 heavy (non-hydrogen) atoms. The fraction of sp³-hybridized carbons (Fsp3) is 1.00. The van der Waals surface area contributed by atoms with Crippen LogP contribution in [0, 0.1) is 5.41 Å². The maximum atomic E-state index is 12.8. The lowest BCUT2D eigenvalue weighted by Crippen LogP contribution is -2.47. The Labute approximate surface area is 126 Å². The third-order valence-electron chi connectivity index (χ3n) is 4.67. The van der Waals surface area contributed by atoms with Crippen molar-refractivity contribution >= 4 is 7.12 Å². The van der Waals surface area contributed by atoms with E-state index in [2.05, 4.69) is 0 Å². The zero-order chi connectivity index (χ0) is 17.6. The maximum Gasteiger partial charge on any atom is 0.457 e. The number of alkyl halides is 6. The first-order chi connectivity index (χ1) is 9.54. The van der Waals surface area contributed by atoms with Crippen LogP contribution in [-0.4, -0.2) is 30.7 Å². The van der Waals surface area contributed by atoms with Gasteiger partial charge >= 0.3 is 19.5 Å². The molecule has 0 amide bonds. The Morgan fingerprint density at radius 1 is 0.818 bits per heavy atom. The third kappa shape index (κ3) is 3.55. The molecule has 2 nitrogen and oxygen atoms in total. The Morgan fingerprint density at radius 3 is 1.50 bits per heavy atom. The molecule has 1 aliphatic heterocycles. The summed E-state index contributed by atoms with van der Waals surface area (Å²) in [5.74, 6) is 0. The predicted octanol–water partition coefficient (Wildman–Crippen LogP) is 4.99. The zero-order valence-corrected chi connectivity index (χ0v) is 13.3. The molecule has 0 aliphatic carbocycles. The van der Waals surface area contributed by atoms with Gasteiger partial charge in [0.15, 0.2) is 5.41 Å². The average molecular weight is 334 g/mol. The molecule has 1 saturated heterocycles. The Bertz CT molecular complexity index is 372. The van der Waals surface area contributed by atoms with Gasteiger partial charge in [0.1, 0.15) is 0 Å². The van der Waals surface area contributed by atoms with Crippen molar-refractivity contribution in [2.45, 2.75) is 77.3 Å². The van der Waals surface area contributed by atoms with Crippen LogP contribution in [0.1, 0.15) is 47.5 Å². The number of hydrogen-bond acceptors (Lipinski definition) is 2. The molecule has 1 rings (SSSR count). The minimum Gasteiger partial charge on any atom is -0.403 e. The van der Waals surface area contributed by atoms with Crippen molar-refractivity contribution in [1.29, 1.82) is 0 Å². The number of hydrogen-bond donors (Lipinski definition) is 0. The first-order valence-corrected chi connectivity index (χ1v) is 7.03. The molecule has 0 aromatic heterocycles. The zero-order valence-electron chi connectivity index (χ0n) is 13.3. The molecule has 0 N–H and O–H groups in total. The molecular formula is C13H21BF6O2. The van der Waals surface area contributed by atoms with Crippen LogP contribution in [0.3, 0.4) is 0 Å². The van der Waals surface area contributed by atoms with Crippen LogP contribution in [0.4, 0.5) is 26.3 Å². The predicted molar refractivity (Wildman–Crippen MR) is 70.3 cm³/mol. The molecule has 0 radical (unpaired) electrons. The molecule has 0 saturated carbocycles. The van der Waals surface area contributed by atoms with E-state index in [4.69, 9.17) is 9.31 Å². The standard InChI is InChI=1S/C13H21BF6O2/c1-9(2)10(3,4)22-14(21-9)8-6-7-11(5,12(15,16)17)13(18,19)20/h6-8H2,1-5H3. The molecule has 1 aliphatic rings. The van der Waals surface area contributed by atoms with Gasteiger partial charge in [0.2, 0.25) is 0 Å². The van der Waals surface area contributed by atoms with Gasteiger partial charge in [0, 0.05) is 0 Å². The summed E-state index contributed by atoms with van der Waals surface area (Å²) in [4.78, 5) is 0. The molecule has 0 spiro atoms. The summed E-state index contributed by atoms with van der Waals surface area (Å²) in [7, 11) is -0.796. The summed E-state index contributed by atoms with van der Waals surface area (Å²) in [6.45, 7) is 7.26. The highest BCUT2D eigenvalue weighted by Gasteiger charge is 2.66. The van der Waals surface area contributed by atoms with Gasteiger partial charge < -0.3 is 9.31 Å². The highest BCUT2D eigenvalue weighted by molar-refractivity contribution is 6.45. The monoisotopic (exact) mass is 334 g/mol. The van der Waals surface area contributed by atoms with Gasteiger partial charge in [-0.3, -0.25) is 0 Å². The van der Waals surface area contributed by atoms with Gasteiger partial charge in [-0.25, -0.2) is 0 Å². The van der Waals surface area contributed by atoms with Crippen molar-refractivity contribution in [2.75, 3.05) is 0 Å². The topological polar surface area (TPSA) is 18.5 Å². The Morgan fingerprint density at radius 2 is 1.18 bits per heavy atom. The summed E-state index contributed by atoms with van der Waals surface area (Å²) in [6.07, 6.45) is -12.1. The fourth-order valence-electron chi connectivity index (χ4n) is 2.15. The van der Waals surface area contributed by atoms with Gasteiger partial charge in [-0.15, -0.1) is 0 Å². The van der Waals surface area contributed by atoms with Crippen LogP contribution >= 0.6 is 0 Å². The van der Waals surface area contributed by atoms with Crippen LogP contribution < -0.4 is 0 Å². The molecule has 0 bridgehead atoms. The van der Waals surface area contributed by atoms with Gasteiger partial charge in [-0.2, -0.15) is 26.3 Å². The first kappa shape index (κ1) is 19.6. The van der Waals surface area contributed by atoms with Crippen molar-refractivity contribution in [2.24, 2.45) is 5.41 Å². The second kappa shape index (κ2) is 5.58. The van der Waals surface area contributed by atoms with E-state index in [1.165, 1.54) is 0 Å². The van der Waals surface area contributed by atoms with Crippen molar-refractivity contribution in [3.05, 3.63) is 0 Å². The second-order valence-electron chi connectivity index (χ2n) is 6.91. The second-order valence-corrected chi connectivity index (χ2v) is 6.91. The van der Waals surface area contributed by atoms with E-state index in [1.54, 1.807) is 27.7 Å². The maximum absolute atomic E-state index is 12.8. The molecule has 9 heteroatoms. The SMILES string of the molecule is CC1(C)OB(CCCC(C)(C(F)(F)F)C(F)(F)F)OC1(C)C. The summed E-state index contributed by atoms with van der Waals surface area (Å²) >= 11 is 0. The fourth-order valence-corrected chi connectivity index (χ4v) is 2.15. The van der Waals surface area contributed by atoms with Gasteiger partial charge in [0.05, 0.1) is 11.2 Å². The van der Waals surface area contributed by atoms with E-state index in [1.807, 2.05) is 0 Å². The van der Waals surface area contributed by atoms with E-state index in [0.717, 1.165) is 0 Å². The smallest absolute Gasteiger partial charge is 0.403 e. The summed E-state index contributed by atoms with van der Waals surface area (Å²) < 4.78 is 87.7. The molecule has 0 unspecified atom stereocenters. The Balaban J connectivity index is 2.67. The molecule has 0 aromatic carbocycles. The van der Waals surface area contributed by atoms with E-state index in [9.17, 15) is 26.3 Å². The van der Waals surface area contributed by atoms with E-state index >= 15 is 0 Å². The van der Waals surface area contributed by atoms with Gasteiger partial charge in [-0.05, 0) is 47.4 Å². The van der Waals surface area contributed by atoms with E-state index in [0.29, 0.717) is 0 Å². The van der Waals surface area contributed by atoms with Crippen LogP contribution in [0.2, 0.25) is 6.32 Å². The highest BCUT2D eigenvalue weighted by atomic mass is 19.4. The normalized spacial score (nSPS) is 22.2. The summed E-state index contributed by atoms with van der Waals surface area (Å²) in [5.41, 5.74) is -5.03. The molecule has 1 heterocycles. The van der Waals surface area contributed by atoms with E-state index < -0.39 is 42.5 Å². The number of halogens is 6. The molecule has 130 valence electrons. The van der Waals surface area contributed by atoms with Crippen molar-refractivity contribution in [1.82, 2.24) is 0 Å². The summed E-state index contributed by atoms with van der Waals surface area (Å²) in [6, 6.07) is 0. The minimum absolute atomic E-state index is 0.0192. The third-order valence-corrected chi connectivity index (χ3v) is 4.67. The van der Waals surface area contributed by atoms with Crippen molar-refractivity contribution < 1.29 is 35.7 Å². The summed E-state index contributed by atoms with van der Waals surface area (Å²) in [5, 5.41) is 0. The average Bonchev–Trinajstić information content (AvgIpc) is 2.43. The minimum atomic E-state index is -5.35. The largest absolute Gasteiger partial charge is 0.457 e. The lowest BCUT2D eigenvalue weighted by atomic mass is 9.76. The quantitative estimate of drug-likeness (QED) is 0.533. The van der Waals surface area contributed by atoms with Crippen molar-refractivity contribution in [3.8, 4) is 0 Å². The molecular weight excluding hydrogens is 313 g/mol. The van der Waals surface area contributed by atoms with Gasteiger partial charge in [0.25, 0.3) is 0 Å². The van der Waals surface area contributed by atoms with E-state index in [-0.39, 0.29) is 19.7 Å².